The Hall–Kier alpha value is -2.59. The molecule has 0 saturated carbocycles. The summed E-state index contributed by atoms with van der Waals surface area (Å²) in [7, 11) is 0. The molecule has 0 fully saturated rings. The van der Waals surface area contributed by atoms with Gasteiger partial charge in [0.05, 0.1) is 11.0 Å². The van der Waals surface area contributed by atoms with Crippen molar-refractivity contribution in [3.8, 4) is 0 Å². The Kier molecular flexibility index (Phi) is 3.71. The molecular formula is C16H12ClN3O. The fourth-order valence-electron chi connectivity index (χ4n) is 1.95. The van der Waals surface area contributed by atoms with Crippen LogP contribution < -0.4 is 5.32 Å². The van der Waals surface area contributed by atoms with Gasteiger partial charge in [0.15, 0.2) is 0 Å². The predicted molar refractivity (Wildman–Crippen MR) is 85.2 cm³/mol. The van der Waals surface area contributed by atoms with Crippen molar-refractivity contribution in [3.63, 3.8) is 0 Å². The monoisotopic (exact) mass is 297 g/mol. The van der Waals surface area contributed by atoms with Crippen molar-refractivity contribution in [3.05, 3.63) is 65.2 Å². The molecule has 0 saturated heterocycles. The molecule has 0 unspecified atom stereocenters. The minimum atomic E-state index is -0.256. The van der Waals surface area contributed by atoms with Crippen molar-refractivity contribution in [2.45, 2.75) is 0 Å². The van der Waals surface area contributed by atoms with E-state index in [-0.39, 0.29) is 5.91 Å². The van der Waals surface area contributed by atoms with Gasteiger partial charge in [-0.25, -0.2) is 4.98 Å². The molecule has 104 valence electrons. The van der Waals surface area contributed by atoms with Gasteiger partial charge in [-0.15, -0.1) is 0 Å². The van der Waals surface area contributed by atoms with Crippen molar-refractivity contribution >= 4 is 40.6 Å². The number of aromatic amines is 1. The lowest BCUT2D eigenvalue weighted by Gasteiger charge is -1.97. The van der Waals surface area contributed by atoms with Crippen molar-refractivity contribution in [2.24, 2.45) is 0 Å². The zero-order chi connectivity index (χ0) is 14.7. The number of hydrogen-bond donors (Lipinski definition) is 2. The zero-order valence-electron chi connectivity index (χ0n) is 11.0. The number of anilines is 1. The summed E-state index contributed by atoms with van der Waals surface area (Å²) < 4.78 is 0. The van der Waals surface area contributed by atoms with Gasteiger partial charge >= 0.3 is 0 Å². The van der Waals surface area contributed by atoms with Gasteiger partial charge in [-0.3, -0.25) is 10.1 Å². The first-order chi connectivity index (χ1) is 10.2. The summed E-state index contributed by atoms with van der Waals surface area (Å²) >= 11 is 5.89. The molecule has 3 aromatic rings. The number of carbonyl (C=O) groups is 1. The summed E-state index contributed by atoms with van der Waals surface area (Å²) in [5.74, 6) is 0.172. The number of benzene rings is 2. The molecule has 2 N–H and O–H groups in total. The molecule has 0 aliphatic rings. The van der Waals surface area contributed by atoms with Crippen molar-refractivity contribution < 1.29 is 4.79 Å². The number of imidazole rings is 1. The highest BCUT2D eigenvalue weighted by atomic mass is 35.5. The third-order valence-corrected chi connectivity index (χ3v) is 3.14. The lowest BCUT2D eigenvalue weighted by molar-refractivity contribution is -0.111. The van der Waals surface area contributed by atoms with Crippen molar-refractivity contribution in [1.82, 2.24) is 9.97 Å². The molecule has 1 aromatic heterocycles. The average Bonchev–Trinajstić information content (AvgIpc) is 2.87. The number of fused-ring (bicyclic) bond motifs is 1. The second-order valence-corrected chi connectivity index (χ2v) is 4.92. The van der Waals surface area contributed by atoms with Gasteiger partial charge in [0, 0.05) is 11.1 Å². The predicted octanol–water partition coefficient (Wildman–Crippen LogP) is 3.87. The lowest BCUT2D eigenvalue weighted by atomic mass is 10.2. The minimum absolute atomic E-state index is 0.256. The number of amides is 1. The fourth-order valence-corrected chi connectivity index (χ4v) is 2.15. The molecular weight excluding hydrogens is 286 g/mol. The smallest absolute Gasteiger partial charge is 0.250 e. The van der Waals surface area contributed by atoms with Crippen LogP contribution in [0.25, 0.3) is 17.1 Å². The third-order valence-electron chi connectivity index (χ3n) is 2.91. The second-order valence-electron chi connectivity index (χ2n) is 4.48. The van der Waals surface area contributed by atoms with Crippen LogP contribution in [0, 0.1) is 0 Å². The number of H-pyrrole nitrogens is 1. The van der Waals surface area contributed by atoms with E-state index in [4.69, 9.17) is 11.6 Å². The number of carbonyl (C=O) groups excluding carboxylic acids is 1. The molecule has 0 atom stereocenters. The molecule has 0 bridgehead atoms. The molecule has 0 spiro atoms. The van der Waals surface area contributed by atoms with E-state index in [1.807, 2.05) is 36.4 Å². The first-order valence-corrected chi connectivity index (χ1v) is 6.78. The summed E-state index contributed by atoms with van der Waals surface area (Å²) in [5, 5.41) is 3.32. The highest BCUT2D eigenvalue weighted by Crippen LogP contribution is 2.14. The number of nitrogens with one attached hydrogen (secondary N) is 2. The Morgan fingerprint density at radius 3 is 2.86 bits per heavy atom. The molecule has 0 aliphatic heterocycles. The maximum Gasteiger partial charge on any atom is 0.250 e. The van der Waals surface area contributed by atoms with E-state index >= 15 is 0 Å². The Bertz CT molecular complexity index is 790. The van der Waals surface area contributed by atoms with E-state index in [0.717, 1.165) is 16.6 Å². The highest BCUT2D eigenvalue weighted by molar-refractivity contribution is 6.30. The molecule has 5 heteroatoms. The first-order valence-electron chi connectivity index (χ1n) is 6.40. The topological polar surface area (TPSA) is 57.8 Å². The molecule has 0 aliphatic carbocycles. The summed E-state index contributed by atoms with van der Waals surface area (Å²) in [5.41, 5.74) is 2.56. The number of hydrogen-bond acceptors (Lipinski definition) is 2. The Morgan fingerprint density at radius 1 is 1.19 bits per heavy atom. The van der Waals surface area contributed by atoms with Gasteiger partial charge in [0.25, 0.3) is 5.91 Å². The van der Waals surface area contributed by atoms with Gasteiger partial charge < -0.3 is 4.98 Å². The number of aromatic nitrogens is 2. The van der Waals surface area contributed by atoms with Gasteiger partial charge in [-0.2, -0.15) is 0 Å². The lowest BCUT2D eigenvalue weighted by Crippen LogP contribution is -2.08. The number of para-hydroxylation sites is 2. The molecule has 4 nitrogen and oxygen atoms in total. The van der Waals surface area contributed by atoms with Crippen molar-refractivity contribution in [1.29, 1.82) is 0 Å². The van der Waals surface area contributed by atoms with E-state index in [0.29, 0.717) is 11.0 Å². The average molecular weight is 298 g/mol. The maximum absolute atomic E-state index is 11.9. The van der Waals surface area contributed by atoms with E-state index in [9.17, 15) is 4.79 Å². The van der Waals surface area contributed by atoms with Gasteiger partial charge in [-0.1, -0.05) is 35.9 Å². The highest BCUT2D eigenvalue weighted by Gasteiger charge is 2.03. The van der Waals surface area contributed by atoms with Crippen LogP contribution in [0.2, 0.25) is 5.02 Å². The van der Waals surface area contributed by atoms with Crippen LogP contribution in [0.3, 0.4) is 0 Å². The normalized spacial score (nSPS) is 11.1. The van der Waals surface area contributed by atoms with E-state index < -0.39 is 0 Å². The third kappa shape index (κ3) is 3.30. The van der Waals surface area contributed by atoms with E-state index in [1.165, 1.54) is 6.08 Å². The molecule has 0 radical (unpaired) electrons. The summed E-state index contributed by atoms with van der Waals surface area (Å²) in [6.07, 6.45) is 3.14. The minimum Gasteiger partial charge on any atom is -0.324 e. The molecule has 21 heavy (non-hydrogen) atoms. The van der Waals surface area contributed by atoms with E-state index in [1.54, 1.807) is 18.2 Å². The number of rotatable bonds is 3. The fraction of sp³-hybridized carbons (Fsp3) is 0. The van der Waals surface area contributed by atoms with Crippen LogP contribution >= 0.6 is 11.6 Å². The van der Waals surface area contributed by atoms with Crippen LogP contribution in [0.15, 0.2) is 54.6 Å². The zero-order valence-corrected chi connectivity index (χ0v) is 11.8. The quantitative estimate of drug-likeness (QED) is 0.721. The standard InChI is InChI=1S/C16H12ClN3O/c17-12-5-3-4-11(10-12)8-9-15(21)20-16-18-13-6-1-2-7-14(13)19-16/h1-10H,(H2,18,19,20,21). The Labute approximate surface area is 126 Å². The first kappa shape index (κ1) is 13.4. The van der Waals surface area contributed by atoms with Crippen LogP contribution in [0.4, 0.5) is 5.95 Å². The van der Waals surface area contributed by atoms with Gasteiger partial charge in [0.1, 0.15) is 0 Å². The van der Waals surface area contributed by atoms with Crippen molar-refractivity contribution in [2.75, 3.05) is 5.32 Å². The Morgan fingerprint density at radius 2 is 2.05 bits per heavy atom. The summed E-state index contributed by atoms with van der Waals surface area (Å²) in [4.78, 5) is 19.2. The second kappa shape index (κ2) is 5.81. The Balaban J connectivity index is 1.71. The van der Waals surface area contributed by atoms with Crippen LogP contribution in [0.5, 0.6) is 0 Å². The van der Waals surface area contributed by atoms with Crippen LogP contribution in [-0.4, -0.2) is 15.9 Å². The SMILES string of the molecule is O=C(C=Cc1cccc(Cl)c1)Nc1nc2ccccc2[nH]1. The van der Waals surface area contributed by atoms with Crippen LogP contribution in [-0.2, 0) is 4.79 Å². The summed E-state index contributed by atoms with van der Waals surface area (Å²) in [6, 6.07) is 14.9. The van der Waals surface area contributed by atoms with Gasteiger partial charge in [-0.05, 0) is 35.9 Å². The van der Waals surface area contributed by atoms with Crippen LogP contribution in [0.1, 0.15) is 5.56 Å². The number of nitrogens with zero attached hydrogens (tertiary/aromatic N) is 1. The molecule has 2 aromatic carbocycles. The maximum atomic E-state index is 11.9. The number of halogens is 1. The summed E-state index contributed by atoms with van der Waals surface area (Å²) in [6.45, 7) is 0. The van der Waals surface area contributed by atoms with E-state index in [2.05, 4.69) is 15.3 Å². The molecule has 1 heterocycles. The molecule has 1 amide bonds. The largest absolute Gasteiger partial charge is 0.324 e. The van der Waals surface area contributed by atoms with Gasteiger partial charge in [0.2, 0.25) is 5.95 Å². The molecule has 3 rings (SSSR count).